The fraction of sp³-hybridized carbons (Fsp3) is 1.00. The molecule has 0 radical (unpaired) electrons. The first-order valence-corrected chi connectivity index (χ1v) is 11.7. The summed E-state index contributed by atoms with van der Waals surface area (Å²) in [6.45, 7) is 5.94. The van der Waals surface area contributed by atoms with Gasteiger partial charge in [0.05, 0.1) is 19.8 Å². The van der Waals surface area contributed by atoms with Crippen LogP contribution in [0.5, 0.6) is 0 Å². The van der Waals surface area contributed by atoms with Crippen molar-refractivity contribution >= 4 is 0 Å². The van der Waals surface area contributed by atoms with Gasteiger partial charge in [0.2, 0.25) is 0 Å². The molecule has 0 aromatic carbocycles. The standard InChI is InChI=1S/C22H48N2O4/c1-2-3-4-5-6-7-8-9-10-11-12-13-14-15-16-25-17-18-26-19-20-27-28-22-24-21-23/h24H,2-23H2,1H3. The molecular weight excluding hydrogens is 356 g/mol. The summed E-state index contributed by atoms with van der Waals surface area (Å²) >= 11 is 0. The molecule has 0 aliphatic rings. The molecule has 0 aliphatic carbocycles. The van der Waals surface area contributed by atoms with E-state index in [-0.39, 0.29) is 0 Å². The zero-order chi connectivity index (χ0) is 20.4. The zero-order valence-electron chi connectivity index (χ0n) is 18.6. The second-order valence-corrected chi connectivity index (χ2v) is 7.36. The van der Waals surface area contributed by atoms with E-state index in [1.165, 1.54) is 83.5 Å². The highest BCUT2D eigenvalue weighted by molar-refractivity contribution is 4.49. The fourth-order valence-electron chi connectivity index (χ4n) is 3.01. The largest absolute Gasteiger partial charge is 0.379 e. The van der Waals surface area contributed by atoms with E-state index < -0.39 is 0 Å². The third-order valence-corrected chi connectivity index (χ3v) is 4.71. The number of unbranched alkanes of at least 4 members (excludes halogenated alkanes) is 13. The second kappa shape index (κ2) is 26.8. The lowest BCUT2D eigenvalue weighted by molar-refractivity contribution is -0.303. The molecule has 0 spiro atoms. The third kappa shape index (κ3) is 25.8. The Morgan fingerprint density at radius 1 is 0.536 bits per heavy atom. The summed E-state index contributed by atoms with van der Waals surface area (Å²) in [5.41, 5.74) is 5.24. The van der Waals surface area contributed by atoms with E-state index in [2.05, 4.69) is 12.2 Å². The van der Waals surface area contributed by atoms with Crippen LogP contribution >= 0.6 is 0 Å². The van der Waals surface area contributed by atoms with E-state index in [1.807, 2.05) is 0 Å². The van der Waals surface area contributed by atoms with Crippen LogP contribution in [0.4, 0.5) is 0 Å². The minimum Gasteiger partial charge on any atom is -0.379 e. The van der Waals surface area contributed by atoms with Crippen molar-refractivity contribution in [2.24, 2.45) is 5.73 Å². The van der Waals surface area contributed by atoms with Crippen LogP contribution in [0.1, 0.15) is 96.8 Å². The highest BCUT2D eigenvalue weighted by Gasteiger charge is 1.95. The van der Waals surface area contributed by atoms with Gasteiger partial charge in [-0.1, -0.05) is 90.4 Å². The Bertz CT molecular complexity index is 245. The van der Waals surface area contributed by atoms with E-state index in [0.717, 1.165) is 13.0 Å². The Morgan fingerprint density at radius 3 is 1.54 bits per heavy atom. The van der Waals surface area contributed by atoms with E-state index in [1.54, 1.807) is 0 Å². The van der Waals surface area contributed by atoms with E-state index in [9.17, 15) is 0 Å². The summed E-state index contributed by atoms with van der Waals surface area (Å²) in [6.07, 6.45) is 19.4. The zero-order valence-corrected chi connectivity index (χ0v) is 18.6. The van der Waals surface area contributed by atoms with Crippen molar-refractivity contribution in [1.29, 1.82) is 0 Å². The molecule has 0 fully saturated rings. The van der Waals surface area contributed by atoms with E-state index >= 15 is 0 Å². The van der Waals surface area contributed by atoms with Crippen molar-refractivity contribution in [2.45, 2.75) is 96.8 Å². The van der Waals surface area contributed by atoms with Gasteiger partial charge in [0.25, 0.3) is 0 Å². The van der Waals surface area contributed by atoms with Gasteiger partial charge in [-0.25, -0.2) is 9.78 Å². The summed E-state index contributed by atoms with van der Waals surface area (Å²) in [7, 11) is 0. The van der Waals surface area contributed by atoms with Crippen LogP contribution in [0.2, 0.25) is 0 Å². The minimum atomic E-state index is 0.290. The van der Waals surface area contributed by atoms with Crippen molar-refractivity contribution < 1.29 is 19.2 Å². The third-order valence-electron chi connectivity index (χ3n) is 4.71. The fourth-order valence-corrected chi connectivity index (χ4v) is 3.01. The van der Waals surface area contributed by atoms with Crippen LogP contribution in [0, 0.1) is 0 Å². The molecular formula is C22H48N2O4. The van der Waals surface area contributed by atoms with Crippen molar-refractivity contribution in [3.8, 4) is 0 Å². The molecule has 0 heterocycles. The first-order valence-electron chi connectivity index (χ1n) is 11.7. The lowest BCUT2D eigenvalue weighted by atomic mass is 10.0. The predicted octanol–water partition coefficient (Wildman–Crippen LogP) is 4.91. The average Bonchev–Trinajstić information content (AvgIpc) is 2.71. The average molecular weight is 405 g/mol. The smallest absolute Gasteiger partial charge is 0.134 e. The number of hydrogen-bond donors (Lipinski definition) is 2. The summed E-state index contributed by atoms with van der Waals surface area (Å²) in [6, 6.07) is 0. The Labute approximate surface area is 174 Å². The number of ether oxygens (including phenoxy) is 2. The molecule has 0 aromatic rings. The van der Waals surface area contributed by atoms with Gasteiger partial charge in [-0.05, 0) is 6.42 Å². The Hall–Kier alpha value is -0.240. The molecule has 0 rings (SSSR count). The van der Waals surface area contributed by atoms with Crippen LogP contribution < -0.4 is 11.1 Å². The summed E-state index contributed by atoms with van der Waals surface area (Å²) in [5.74, 6) is 0. The van der Waals surface area contributed by atoms with Gasteiger partial charge in [0.1, 0.15) is 13.3 Å². The maximum absolute atomic E-state index is 5.58. The molecule has 6 nitrogen and oxygen atoms in total. The van der Waals surface area contributed by atoms with Crippen LogP contribution in [-0.4, -0.2) is 46.4 Å². The maximum atomic E-state index is 5.58. The van der Waals surface area contributed by atoms with E-state index in [4.69, 9.17) is 25.0 Å². The van der Waals surface area contributed by atoms with Crippen LogP contribution in [0.25, 0.3) is 0 Å². The highest BCUT2D eigenvalue weighted by atomic mass is 17.2. The Balaban J connectivity index is 2.96. The number of rotatable bonds is 25. The molecule has 0 saturated heterocycles. The van der Waals surface area contributed by atoms with Crippen molar-refractivity contribution in [1.82, 2.24) is 5.32 Å². The molecule has 0 atom stereocenters. The van der Waals surface area contributed by atoms with Crippen LogP contribution in [0.3, 0.4) is 0 Å². The van der Waals surface area contributed by atoms with Gasteiger partial charge in [0, 0.05) is 13.3 Å². The summed E-state index contributed by atoms with van der Waals surface area (Å²) in [5, 5.41) is 2.78. The topological polar surface area (TPSA) is 75.0 Å². The molecule has 0 aliphatic heterocycles. The van der Waals surface area contributed by atoms with Gasteiger partial charge in [0.15, 0.2) is 0 Å². The van der Waals surface area contributed by atoms with Gasteiger partial charge in [-0.15, -0.1) is 0 Å². The quantitative estimate of drug-likeness (QED) is 0.0974. The van der Waals surface area contributed by atoms with Crippen LogP contribution in [-0.2, 0) is 19.2 Å². The van der Waals surface area contributed by atoms with Gasteiger partial charge >= 0.3 is 0 Å². The molecule has 3 N–H and O–H groups in total. The molecule has 0 unspecified atom stereocenters. The highest BCUT2D eigenvalue weighted by Crippen LogP contribution is 2.12. The Kier molecular flexibility index (Phi) is 26.5. The molecule has 0 aromatic heterocycles. The maximum Gasteiger partial charge on any atom is 0.134 e. The first-order chi connectivity index (χ1) is 13.9. The summed E-state index contributed by atoms with van der Waals surface area (Å²) in [4.78, 5) is 9.70. The second-order valence-electron chi connectivity index (χ2n) is 7.36. The molecule has 6 heteroatoms. The first kappa shape index (κ1) is 27.8. The normalized spacial score (nSPS) is 11.4. The lowest BCUT2D eigenvalue weighted by Gasteiger charge is -2.07. The van der Waals surface area contributed by atoms with E-state index in [0.29, 0.717) is 39.8 Å². The number of hydrogen-bond acceptors (Lipinski definition) is 6. The SMILES string of the molecule is CCCCCCCCCCCCCCCCOCCOCCOOCNCN. The van der Waals surface area contributed by atoms with Crippen LogP contribution in [0.15, 0.2) is 0 Å². The molecule has 0 saturated carbocycles. The van der Waals surface area contributed by atoms with Crippen molar-refractivity contribution in [3.05, 3.63) is 0 Å². The molecule has 170 valence electrons. The number of nitrogens with two attached hydrogens (primary N) is 1. The van der Waals surface area contributed by atoms with Gasteiger partial charge in [-0.3, -0.25) is 5.32 Å². The van der Waals surface area contributed by atoms with Gasteiger partial charge in [-0.2, -0.15) is 0 Å². The van der Waals surface area contributed by atoms with Crippen molar-refractivity contribution in [3.63, 3.8) is 0 Å². The monoisotopic (exact) mass is 404 g/mol. The lowest BCUT2D eigenvalue weighted by Crippen LogP contribution is -2.25. The molecule has 28 heavy (non-hydrogen) atoms. The van der Waals surface area contributed by atoms with Gasteiger partial charge < -0.3 is 15.2 Å². The van der Waals surface area contributed by atoms with Crippen molar-refractivity contribution in [2.75, 3.05) is 46.4 Å². The Morgan fingerprint density at radius 2 is 1.00 bits per heavy atom. The number of nitrogens with one attached hydrogen (secondary N) is 1. The molecule has 0 bridgehead atoms. The minimum absolute atomic E-state index is 0.290. The predicted molar refractivity (Wildman–Crippen MR) is 116 cm³/mol. The summed E-state index contributed by atoms with van der Waals surface area (Å²) < 4.78 is 11.0. The molecule has 0 amide bonds.